The van der Waals surface area contributed by atoms with Gasteiger partial charge in [0.05, 0.1) is 17.6 Å². The van der Waals surface area contributed by atoms with E-state index in [0.717, 1.165) is 5.39 Å². The van der Waals surface area contributed by atoms with Crippen molar-refractivity contribution in [1.29, 1.82) is 0 Å². The molecule has 8 nitrogen and oxygen atoms in total. The number of fused-ring (bicyclic) bond motifs is 1. The minimum absolute atomic E-state index is 0.0474. The molecular weight excluding hydrogens is 374 g/mol. The van der Waals surface area contributed by atoms with Gasteiger partial charge in [-0.05, 0) is 17.9 Å². The van der Waals surface area contributed by atoms with Crippen LogP contribution in [0.1, 0.15) is 6.42 Å². The summed E-state index contributed by atoms with van der Waals surface area (Å²) in [6, 6.07) is 12.1. The van der Waals surface area contributed by atoms with Crippen LogP contribution in [0.15, 0.2) is 47.4 Å². The minimum atomic E-state index is -3.80. The summed E-state index contributed by atoms with van der Waals surface area (Å²) >= 11 is 0. The van der Waals surface area contributed by atoms with E-state index in [9.17, 15) is 28.8 Å². The average molecular weight is 397 g/mol. The van der Waals surface area contributed by atoms with Crippen molar-refractivity contribution in [3.63, 3.8) is 0 Å². The van der Waals surface area contributed by atoms with Gasteiger partial charge in [0.1, 0.15) is 24.4 Å². The van der Waals surface area contributed by atoms with Gasteiger partial charge in [0.25, 0.3) is 0 Å². The number of aliphatic hydroxyl groups excluding tert-OH is 4. The molecule has 2 aromatic rings. The van der Waals surface area contributed by atoms with E-state index < -0.39 is 47.2 Å². The third-order valence-corrected chi connectivity index (χ3v) is 6.27. The zero-order valence-corrected chi connectivity index (χ0v) is 15.3. The molecule has 0 radical (unpaired) electrons. The van der Waals surface area contributed by atoms with Gasteiger partial charge in [-0.3, -0.25) is 0 Å². The van der Waals surface area contributed by atoms with Crippen LogP contribution in [-0.4, -0.2) is 72.5 Å². The number of hydrogen-bond acceptors (Lipinski definition) is 7. The largest absolute Gasteiger partial charge is 0.394 e. The highest BCUT2D eigenvalue weighted by Crippen LogP contribution is 2.24. The maximum atomic E-state index is 12.7. The van der Waals surface area contributed by atoms with Crippen LogP contribution >= 0.6 is 0 Å². The quantitative estimate of drug-likeness (QED) is 0.437. The lowest BCUT2D eigenvalue weighted by molar-refractivity contribution is -0.229. The summed E-state index contributed by atoms with van der Waals surface area (Å²) in [6.07, 6.45) is -6.17. The number of hydrogen-bond donors (Lipinski definition) is 5. The van der Waals surface area contributed by atoms with E-state index in [1.54, 1.807) is 18.2 Å². The monoisotopic (exact) mass is 397 g/mol. The normalized spacial score (nSPS) is 29.1. The van der Waals surface area contributed by atoms with Crippen molar-refractivity contribution in [2.75, 3.05) is 13.2 Å². The SMILES string of the molecule is O=S(=O)(NCC[C@@H]1O[C@H](CO)[C@@H](O)[C@H](O)[C@H]1O)c1cccc2ccccc12. The molecule has 0 aromatic heterocycles. The fourth-order valence-electron chi connectivity index (χ4n) is 3.26. The molecule has 1 heterocycles. The zero-order valence-electron chi connectivity index (χ0n) is 14.5. The summed E-state index contributed by atoms with van der Waals surface area (Å²) in [5.41, 5.74) is 0. The van der Waals surface area contributed by atoms with Crippen LogP contribution in [0.3, 0.4) is 0 Å². The molecule has 9 heteroatoms. The molecule has 0 amide bonds. The van der Waals surface area contributed by atoms with Crippen LogP contribution in [0.4, 0.5) is 0 Å². The molecule has 1 aliphatic rings. The Kier molecular flexibility index (Phi) is 6.11. The van der Waals surface area contributed by atoms with Crippen LogP contribution in [0.25, 0.3) is 10.8 Å². The Morgan fingerprint density at radius 1 is 0.926 bits per heavy atom. The van der Waals surface area contributed by atoms with Crippen molar-refractivity contribution in [2.45, 2.75) is 41.8 Å². The zero-order chi connectivity index (χ0) is 19.6. The van der Waals surface area contributed by atoms with Gasteiger partial charge in [-0.1, -0.05) is 36.4 Å². The highest BCUT2D eigenvalue weighted by molar-refractivity contribution is 7.89. The maximum absolute atomic E-state index is 12.7. The first kappa shape index (κ1) is 20.2. The van der Waals surface area contributed by atoms with Crippen molar-refractivity contribution in [3.05, 3.63) is 42.5 Å². The van der Waals surface area contributed by atoms with Gasteiger partial charge in [0, 0.05) is 11.9 Å². The molecular formula is C18H23NO7S. The molecule has 1 saturated heterocycles. The fraction of sp³-hybridized carbons (Fsp3) is 0.444. The summed E-state index contributed by atoms with van der Waals surface area (Å²) < 4.78 is 33.2. The topological polar surface area (TPSA) is 136 Å². The molecule has 5 atom stereocenters. The smallest absolute Gasteiger partial charge is 0.241 e. The van der Waals surface area contributed by atoms with Crippen LogP contribution in [-0.2, 0) is 14.8 Å². The Morgan fingerprint density at radius 2 is 1.59 bits per heavy atom. The average Bonchev–Trinajstić information content (AvgIpc) is 2.67. The first-order valence-electron chi connectivity index (χ1n) is 8.63. The number of aliphatic hydroxyl groups is 4. The van der Waals surface area contributed by atoms with Crippen LogP contribution in [0, 0.1) is 0 Å². The Bertz CT molecular complexity index is 881. The minimum Gasteiger partial charge on any atom is -0.394 e. The van der Waals surface area contributed by atoms with Crippen molar-refractivity contribution in [2.24, 2.45) is 0 Å². The van der Waals surface area contributed by atoms with E-state index in [2.05, 4.69) is 4.72 Å². The molecule has 5 N–H and O–H groups in total. The third-order valence-electron chi connectivity index (χ3n) is 4.75. The van der Waals surface area contributed by atoms with Gasteiger partial charge in [0.2, 0.25) is 10.0 Å². The number of benzene rings is 2. The van der Waals surface area contributed by atoms with Gasteiger partial charge >= 0.3 is 0 Å². The van der Waals surface area contributed by atoms with Crippen molar-refractivity contribution in [1.82, 2.24) is 4.72 Å². The van der Waals surface area contributed by atoms with Gasteiger partial charge in [-0.25, -0.2) is 13.1 Å². The Balaban J connectivity index is 1.69. The second kappa shape index (κ2) is 8.19. The van der Waals surface area contributed by atoms with Crippen molar-refractivity contribution >= 4 is 20.8 Å². The number of ether oxygens (including phenoxy) is 1. The predicted molar refractivity (Wildman–Crippen MR) is 97.5 cm³/mol. The third kappa shape index (κ3) is 4.14. The van der Waals surface area contributed by atoms with Gasteiger partial charge < -0.3 is 25.2 Å². The summed E-state index contributed by atoms with van der Waals surface area (Å²) in [5.74, 6) is 0. The molecule has 0 bridgehead atoms. The molecule has 3 rings (SSSR count). The molecule has 0 spiro atoms. The first-order chi connectivity index (χ1) is 12.8. The van der Waals surface area contributed by atoms with Crippen LogP contribution in [0.2, 0.25) is 0 Å². The highest BCUT2D eigenvalue weighted by atomic mass is 32.2. The lowest BCUT2D eigenvalue weighted by Gasteiger charge is -2.40. The maximum Gasteiger partial charge on any atom is 0.241 e. The number of sulfonamides is 1. The van der Waals surface area contributed by atoms with E-state index in [1.165, 1.54) is 6.07 Å². The first-order valence-corrected chi connectivity index (χ1v) is 10.1. The molecule has 0 saturated carbocycles. The number of rotatable bonds is 6. The van der Waals surface area contributed by atoms with E-state index in [4.69, 9.17) is 4.74 Å². The van der Waals surface area contributed by atoms with Crippen molar-refractivity contribution in [3.8, 4) is 0 Å². The Labute approximate surface area is 157 Å². The van der Waals surface area contributed by atoms with E-state index in [0.29, 0.717) is 5.39 Å². The molecule has 148 valence electrons. The molecule has 1 aliphatic heterocycles. The lowest BCUT2D eigenvalue weighted by Crippen LogP contribution is -2.58. The standard InChI is InChI=1S/C18H23NO7S/c20-10-14-17(22)18(23)16(21)13(26-14)8-9-19-27(24,25)15-7-3-5-11-4-1-2-6-12(11)15/h1-7,13-14,16-23H,8-10H2/t13-,14+,16-,17+,18+/m0/s1. The molecule has 0 aliphatic carbocycles. The summed E-state index contributed by atoms with van der Waals surface area (Å²) in [7, 11) is -3.80. The fourth-order valence-corrected chi connectivity index (χ4v) is 4.54. The second-order valence-corrected chi connectivity index (χ2v) is 8.27. The molecule has 1 fully saturated rings. The summed E-state index contributed by atoms with van der Waals surface area (Å²) in [4.78, 5) is 0.148. The second-order valence-electron chi connectivity index (χ2n) is 6.53. The Morgan fingerprint density at radius 3 is 2.33 bits per heavy atom. The van der Waals surface area contributed by atoms with E-state index in [-0.39, 0.29) is 17.9 Å². The highest BCUT2D eigenvalue weighted by Gasteiger charge is 2.43. The van der Waals surface area contributed by atoms with Gasteiger partial charge in [0.15, 0.2) is 0 Å². The molecule has 2 aromatic carbocycles. The predicted octanol–water partition coefficient (Wildman–Crippen LogP) is -0.649. The van der Waals surface area contributed by atoms with Gasteiger partial charge in [-0.15, -0.1) is 0 Å². The van der Waals surface area contributed by atoms with Crippen molar-refractivity contribution < 1.29 is 33.6 Å². The molecule has 27 heavy (non-hydrogen) atoms. The van der Waals surface area contributed by atoms with Gasteiger partial charge in [-0.2, -0.15) is 0 Å². The van der Waals surface area contributed by atoms with Crippen LogP contribution < -0.4 is 4.72 Å². The van der Waals surface area contributed by atoms with Crippen LogP contribution in [0.5, 0.6) is 0 Å². The lowest BCUT2D eigenvalue weighted by atomic mass is 9.94. The summed E-state index contributed by atoms with van der Waals surface area (Å²) in [5, 5.41) is 40.2. The Hall–Kier alpha value is -1.59. The van der Waals surface area contributed by atoms with E-state index >= 15 is 0 Å². The van der Waals surface area contributed by atoms with E-state index in [1.807, 2.05) is 18.2 Å². The summed E-state index contributed by atoms with van der Waals surface area (Å²) in [6.45, 7) is -0.572. The molecule has 0 unspecified atom stereocenters. The number of nitrogens with one attached hydrogen (secondary N) is 1.